The molecule has 7 heteroatoms. The number of aliphatic imine (C=N–C) groups is 1. The zero-order chi connectivity index (χ0) is 18.9. The van der Waals surface area contributed by atoms with Gasteiger partial charge in [-0.2, -0.15) is 0 Å². The average Bonchev–Trinajstić information content (AvgIpc) is 3.03. The Kier molecular flexibility index (Phi) is 7.72. The van der Waals surface area contributed by atoms with Crippen molar-refractivity contribution in [2.75, 3.05) is 27.2 Å². The van der Waals surface area contributed by atoms with Crippen molar-refractivity contribution in [1.29, 1.82) is 0 Å². The number of aryl methyl sites for hydroxylation is 1. The highest BCUT2D eigenvalue weighted by Crippen LogP contribution is 2.26. The van der Waals surface area contributed by atoms with Crippen LogP contribution in [0.4, 0.5) is 0 Å². The Morgan fingerprint density at radius 1 is 1.35 bits per heavy atom. The van der Waals surface area contributed by atoms with Gasteiger partial charge in [0.1, 0.15) is 6.10 Å². The van der Waals surface area contributed by atoms with Gasteiger partial charge in [0.25, 0.3) is 0 Å². The van der Waals surface area contributed by atoms with Crippen LogP contribution in [0.15, 0.2) is 34.6 Å². The van der Waals surface area contributed by atoms with Crippen molar-refractivity contribution in [3.63, 3.8) is 0 Å². The fourth-order valence-electron chi connectivity index (χ4n) is 2.45. The normalized spacial score (nSPS) is 12.6. The highest BCUT2D eigenvalue weighted by atomic mass is 32.1. The zero-order valence-electron chi connectivity index (χ0n) is 16.2. The average molecular weight is 377 g/mol. The fourth-order valence-corrected chi connectivity index (χ4v) is 3.06. The van der Waals surface area contributed by atoms with Crippen molar-refractivity contribution in [2.45, 2.75) is 33.4 Å². The molecular formula is C19H28N4O2S. The molecule has 1 heterocycles. The summed E-state index contributed by atoms with van der Waals surface area (Å²) in [7, 11) is 3.66. The molecule has 1 aromatic heterocycles. The van der Waals surface area contributed by atoms with Crippen LogP contribution in [0.2, 0.25) is 0 Å². The van der Waals surface area contributed by atoms with E-state index in [1.165, 1.54) is 0 Å². The molecule has 142 valence electrons. The molecule has 0 aliphatic heterocycles. The molecule has 1 aromatic carbocycles. The third-order valence-electron chi connectivity index (χ3n) is 3.66. The largest absolute Gasteiger partial charge is 0.493 e. The Balaban J connectivity index is 1.98. The summed E-state index contributed by atoms with van der Waals surface area (Å²) < 4.78 is 11.3. The van der Waals surface area contributed by atoms with Gasteiger partial charge < -0.3 is 19.7 Å². The topological polar surface area (TPSA) is 59.0 Å². The van der Waals surface area contributed by atoms with Crippen LogP contribution in [0.1, 0.15) is 24.5 Å². The summed E-state index contributed by atoms with van der Waals surface area (Å²) in [6, 6.07) is 7.65. The first-order valence-electron chi connectivity index (χ1n) is 8.73. The number of methoxy groups -OCH3 is 1. The van der Waals surface area contributed by atoms with Crippen LogP contribution in [0.25, 0.3) is 0 Å². The summed E-state index contributed by atoms with van der Waals surface area (Å²) in [6.07, 6.45) is -0.0742. The number of benzene rings is 1. The molecule has 0 fully saturated rings. The van der Waals surface area contributed by atoms with Crippen LogP contribution in [0, 0.1) is 6.92 Å². The SMILES string of the molecule is CCNC(=NCC(C)Oc1ccccc1OC)N(C)Cc1csc(C)n1. The van der Waals surface area contributed by atoms with Gasteiger partial charge in [0.05, 0.1) is 30.9 Å². The lowest BCUT2D eigenvalue weighted by Gasteiger charge is -2.22. The maximum Gasteiger partial charge on any atom is 0.194 e. The minimum atomic E-state index is -0.0742. The number of guanidine groups is 1. The molecule has 0 spiro atoms. The number of nitrogens with one attached hydrogen (secondary N) is 1. The van der Waals surface area contributed by atoms with Crippen LogP contribution in [0.3, 0.4) is 0 Å². The van der Waals surface area contributed by atoms with Crippen molar-refractivity contribution >= 4 is 17.3 Å². The van der Waals surface area contributed by atoms with Gasteiger partial charge in [-0.05, 0) is 32.9 Å². The predicted molar refractivity (Wildman–Crippen MR) is 107 cm³/mol. The second-order valence-electron chi connectivity index (χ2n) is 5.99. The third kappa shape index (κ3) is 5.91. The van der Waals surface area contributed by atoms with Crippen molar-refractivity contribution in [2.24, 2.45) is 4.99 Å². The van der Waals surface area contributed by atoms with Crippen LogP contribution in [0.5, 0.6) is 11.5 Å². The predicted octanol–water partition coefficient (Wildman–Crippen LogP) is 3.32. The Hall–Kier alpha value is -2.28. The quantitative estimate of drug-likeness (QED) is 0.566. The van der Waals surface area contributed by atoms with E-state index in [1.54, 1.807) is 18.4 Å². The van der Waals surface area contributed by atoms with Gasteiger partial charge in [0, 0.05) is 19.0 Å². The summed E-state index contributed by atoms with van der Waals surface area (Å²) in [5, 5.41) is 6.49. The van der Waals surface area contributed by atoms with Crippen molar-refractivity contribution < 1.29 is 9.47 Å². The molecule has 0 saturated heterocycles. The van der Waals surface area contributed by atoms with E-state index in [0.29, 0.717) is 6.54 Å². The third-order valence-corrected chi connectivity index (χ3v) is 4.48. The van der Waals surface area contributed by atoms with E-state index >= 15 is 0 Å². The first-order valence-corrected chi connectivity index (χ1v) is 9.61. The number of ether oxygens (including phenoxy) is 2. The van der Waals surface area contributed by atoms with Crippen LogP contribution in [-0.2, 0) is 6.54 Å². The maximum absolute atomic E-state index is 5.98. The van der Waals surface area contributed by atoms with Gasteiger partial charge in [0.15, 0.2) is 17.5 Å². The number of para-hydroxylation sites is 2. The summed E-state index contributed by atoms with van der Waals surface area (Å²) in [5.74, 6) is 2.30. The monoisotopic (exact) mass is 376 g/mol. The molecule has 0 amide bonds. The second kappa shape index (κ2) is 10.0. The standard InChI is InChI=1S/C19H28N4O2S/c1-6-20-19(23(4)12-16-13-26-15(3)22-16)21-11-14(2)25-18-10-8-7-9-17(18)24-5/h7-10,13-14H,6,11-12H2,1-5H3,(H,20,21). The Labute approximate surface area is 159 Å². The minimum Gasteiger partial charge on any atom is -0.493 e. The molecule has 1 unspecified atom stereocenters. The summed E-state index contributed by atoms with van der Waals surface area (Å²) in [5.41, 5.74) is 1.05. The maximum atomic E-state index is 5.98. The Morgan fingerprint density at radius 3 is 2.69 bits per heavy atom. The lowest BCUT2D eigenvalue weighted by atomic mass is 10.3. The van der Waals surface area contributed by atoms with Gasteiger partial charge >= 0.3 is 0 Å². The molecule has 0 bridgehead atoms. The van der Waals surface area contributed by atoms with Crippen molar-refractivity contribution in [1.82, 2.24) is 15.2 Å². The minimum absolute atomic E-state index is 0.0742. The Bertz CT molecular complexity index is 717. The molecule has 0 saturated carbocycles. The molecule has 6 nitrogen and oxygen atoms in total. The molecule has 0 radical (unpaired) electrons. The van der Waals surface area contributed by atoms with E-state index in [2.05, 4.69) is 27.5 Å². The Morgan fingerprint density at radius 2 is 2.08 bits per heavy atom. The highest BCUT2D eigenvalue weighted by Gasteiger charge is 2.11. The van der Waals surface area contributed by atoms with E-state index in [4.69, 9.17) is 14.5 Å². The lowest BCUT2D eigenvalue weighted by molar-refractivity contribution is 0.219. The highest BCUT2D eigenvalue weighted by molar-refractivity contribution is 7.09. The van der Waals surface area contributed by atoms with E-state index < -0.39 is 0 Å². The van der Waals surface area contributed by atoms with E-state index in [0.717, 1.165) is 41.2 Å². The number of nitrogens with zero attached hydrogens (tertiary/aromatic N) is 3. The smallest absolute Gasteiger partial charge is 0.194 e. The second-order valence-corrected chi connectivity index (χ2v) is 7.05. The van der Waals surface area contributed by atoms with Crippen LogP contribution < -0.4 is 14.8 Å². The number of rotatable bonds is 8. The van der Waals surface area contributed by atoms with E-state index in [1.807, 2.05) is 45.2 Å². The van der Waals surface area contributed by atoms with Gasteiger partial charge in [-0.25, -0.2) is 9.98 Å². The van der Waals surface area contributed by atoms with Gasteiger partial charge in [-0.3, -0.25) is 0 Å². The van der Waals surface area contributed by atoms with Crippen molar-refractivity contribution in [3.8, 4) is 11.5 Å². The first kappa shape index (κ1) is 20.0. The number of hydrogen-bond donors (Lipinski definition) is 1. The van der Waals surface area contributed by atoms with Crippen molar-refractivity contribution in [3.05, 3.63) is 40.3 Å². The summed E-state index contributed by atoms with van der Waals surface area (Å²) in [6.45, 7) is 8.15. The molecule has 2 aromatic rings. The van der Waals surface area contributed by atoms with Crippen LogP contribution >= 0.6 is 11.3 Å². The van der Waals surface area contributed by atoms with E-state index in [9.17, 15) is 0 Å². The fraction of sp³-hybridized carbons (Fsp3) is 0.474. The molecular weight excluding hydrogens is 348 g/mol. The van der Waals surface area contributed by atoms with Crippen LogP contribution in [-0.4, -0.2) is 49.2 Å². The molecule has 26 heavy (non-hydrogen) atoms. The van der Waals surface area contributed by atoms with E-state index in [-0.39, 0.29) is 6.10 Å². The van der Waals surface area contributed by atoms with Gasteiger partial charge in [0.2, 0.25) is 0 Å². The van der Waals surface area contributed by atoms with Gasteiger partial charge in [-0.15, -0.1) is 11.3 Å². The lowest BCUT2D eigenvalue weighted by Crippen LogP contribution is -2.39. The summed E-state index contributed by atoms with van der Waals surface area (Å²) >= 11 is 1.66. The number of thiazole rings is 1. The first-order chi connectivity index (χ1) is 12.5. The summed E-state index contributed by atoms with van der Waals surface area (Å²) in [4.78, 5) is 11.3. The number of hydrogen-bond acceptors (Lipinski definition) is 5. The molecule has 1 atom stereocenters. The van der Waals surface area contributed by atoms with Gasteiger partial charge in [-0.1, -0.05) is 12.1 Å². The number of aromatic nitrogens is 1. The molecule has 2 rings (SSSR count). The molecule has 0 aliphatic carbocycles. The molecule has 1 N–H and O–H groups in total. The zero-order valence-corrected chi connectivity index (χ0v) is 17.0. The molecule has 0 aliphatic rings.